The highest BCUT2D eigenvalue weighted by atomic mass is 31.2. The van der Waals surface area contributed by atoms with Gasteiger partial charge in [0.15, 0.2) is 0 Å². The molecule has 0 radical (unpaired) electrons. The molecule has 112 valence electrons. The van der Waals surface area contributed by atoms with Crippen molar-refractivity contribution in [1.82, 2.24) is 0 Å². The van der Waals surface area contributed by atoms with Crippen molar-refractivity contribution in [2.75, 3.05) is 26.2 Å². The monoisotopic (exact) mass is 305 g/mol. The molecule has 0 amide bonds. The second-order valence-electron chi connectivity index (χ2n) is 5.21. The third-order valence-electron chi connectivity index (χ3n) is 3.14. The van der Waals surface area contributed by atoms with E-state index < -0.39 is 7.14 Å². The molecule has 0 unspecified atom stereocenters. The molecule has 5 heteroatoms. The fourth-order valence-corrected chi connectivity index (χ4v) is 3.12. The Kier molecular flexibility index (Phi) is 4.59. The summed E-state index contributed by atoms with van der Waals surface area (Å²) in [6.45, 7) is 3.85. The third-order valence-corrected chi connectivity index (χ3v) is 4.71. The molecule has 0 aliphatic heterocycles. The summed E-state index contributed by atoms with van der Waals surface area (Å²) in [6.07, 6.45) is 0. The van der Waals surface area contributed by atoms with E-state index in [1.807, 2.05) is 24.3 Å². The van der Waals surface area contributed by atoms with E-state index in [1.54, 1.807) is 38.6 Å². The van der Waals surface area contributed by atoms with E-state index >= 15 is 0 Å². The molecule has 0 saturated carbocycles. The summed E-state index contributed by atoms with van der Waals surface area (Å²) >= 11 is 0. The lowest BCUT2D eigenvalue weighted by atomic mass is 10.2. The molecule has 0 heterocycles. The fraction of sp³-hybridized carbons (Fsp3) is 0.250. The molecule has 2 aromatic rings. The highest BCUT2D eigenvalue weighted by Crippen LogP contribution is 2.37. The number of hydrogen-bond acceptors (Lipinski definition) is 4. The molecule has 21 heavy (non-hydrogen) atoms. The van der Waals surface area contributed by atoms with E-state index in [9.17, 15) is 4.57 Å². The fourth-order valence-electron chi connectivity index (χ4n) is 2.00. The molecular formula is C16H20NO3P. The summed E-state index contributed by atoms with van der Waals surface area (Å²) in [6, 6.07) is 13.0. The van der Waals surface area contributed by atoms with Crippen LogP contribution in [0, 0.1) is 0 Å². The summed E-state index contributed by atoms with van der Waals surface area (Å²) in [5.74, 6) is 1.48. The lowest BCUT2D eigenvalue weighted by Crippen LogP contribution is -2.10. The Balaban J connectivity index is 2.06. The van der Waals surface area contributed by atoms with E-state index in [1.165, 1.54) is 0 Å². The van der Waals surface area contributed by atoms with Crippen LogP contribution in [0.15, 0.2) is 42.5 Å². The van der Waals surface area contributed by atoms with Crippen molar-refractivity contribution in [3.63, 3.8) is 0 Å². The second-order valence-corrected chi connectivity index (χ2v) is 8.39. The Morgan fingerprint density at radius 3 is 2.19 bits per heavy atom. The Labute approximate surface area is 125 Å². The van der Waals surface area contributed by atoms with Crippen LogP contribution in [0.25, 0.3) is 0 Å². The van der Waals surface area contributed by atoms with E-state index in [-0.39, 0.29) is 0 Å². The van der Waals surface area contributed by atoms with Crippen molar-refractivity contribution < 1.29 is 14.0 Å². The van der Waals surface area contributed by atoms with E-state index in [0.717, 1.165) is 11.3 Å². The first kappa shape index (κ1) is 15.5. The smallest absolute Gasteiger partial charge is 0.121 e. The van der Waals surface area contributed by atoms with E-state index in [0.29, 0.717) is 23.3 Å². The zero-order valence-electron chi connectivity index (χ0n) is 12.5. The summed E-state index contributed by atoms with van der Waals surface area (Å²) in [5.41, 5.74) is 7.49. The number of benzene rings is 2. The Bertz CT molecular complexity index is 662. The van der Waals surface area contributed by atoms with Gasteiger partial charge in [0, 0.05) is 17.1 Å². The molecule has 0 fully saturated rings. The third kappa shape index (κ3) is 4.02. The van der Waals surface area contributed by atoms with Gasteiger partial charge >= 0.3 is 0 Å². The molecule has 0 aliphatic carbocycles. The molecule has 0 aromatic heterocycles. The van der Waals surface area contributed by atoms with Crippen LogP contribution in [-0.2, 0) is 11.2 Å². The van der Waals surface area contributed by atoms with Gasteiger partial charge in [0.2, 0.25) is 0 Å². The molecule has 2 aromatic carbocycles. The van der Waals surface area contributed by atoms with Crippen molar-refractivity contribution in [1.29, 1.82) is 0 Å². The summed E-state index contributed by atoms with van der Waals surface area (Å²) in [5, 5.41) is 0.694. The van der Waals surface area contributed by atoms with Gasteiger partial charge in [-0.1, -0.05) is 12.1 Å². The van der Waals surface area contributed by atoms with Gasteiger partial charge in [0.05, 0.1) is 7.11 Å². The number of rotatable bonds is 5. The standard InChI is InChI=1S/C16H20NO3P/c1-19-13-6-4-12(5-7-13)11-20-14-8-9-16(15(17)10-14)21(2,3)18/h4-10H,11,17H2,1-3H3. The topological polar surface area (TPSA) is 61.5 Å². The lowest BCUT2D eigenvalue weighted by Gasteiger charge is -2.13. The largest absolute Gasteiger partial charge is 0.497 e. The maximum atomic E-state index is 12.1. The molecule has 4 nitrogen and oxygen atoms in total. The molecule has 0 saturated heterocycles. The van der Waals surface area contributed by atoms with Crippen molar-refractivity contribution in [3.8, 4) is 11.5 Å². The maximum Gasteiger partial charge on any atom is 0.121 e. The first-order chi connectivity index (χ1) is 9.90. The highest BCUT2D eigenvalue weighted by molar-refractivity contribution is 7.70. The average molecular weight is 305 g/mol. The van der Waals surface area contributed by atoms with Crippen LogP contribution in [0.1, 0.15) is 5.56 Å². The SMILES string of the molecule is COc1ccc(COc2ccc(P(C)(C)=O)c(N)c2)cc1. The van der Waals surface area contributed by atoms with Gasteiger partial charge in [-0.05, 0) is 43.2 Å². The number of nitrogens with two attached hydrogens (primary N) is 1. The Morgan fingerprint density at radius 2 is 1.67 bits per heavy atom. The molecule has 2 N–H and O–H groups in total. The van der Waals surface area contributed by atoms with Gasteiger partial charge in [-0.15, -0.1) is 0 Å². The molecule has 0 spiro atoms. The van der Waals surface area contributed by atoms with Gasteiger partial charge in [-0.3, -0.25) is 0 Å². The second kappa shape index (κ2) is 6.23. The van der Waals surface area contributed by atoms with E-state index in [4.69, 9.17) is 15.2 Å². The van der Waals surface area contributed by atoms with E-state index in [2.05, 4.69) is 0 Å². The summed E-state index contributed by atoms with van der Waals surface area (Å²) < 4.78 is 22.9. The number of ether oxygens (including phenoxy) is 2. The minimum absolute atomic E-state index is 0.443. The first-order valence-corrected chi connectivity index (χ1v) is 9.21. The van der Waals surface area contributed by atoms with Crippen LogP contribution in [0.2, 0.25) is 0 Å². The molecular weight excluding hydrogens is 285 g/mol. The molecule has 0 atom stereocenters. The Hall–Kier alpha value is -1.93. The van der Waals surface area contributed by atoms with Gasteiger partial charge in [-0.2, -0.15) is 0 Å². The van der Waals surface area contributed by atoms with Gasteiger partial charge < -0.3 is 19.8 Å². The van der Waals surface area contributed by atoms with Crippen LogP contribution < -0.4 is 20.5 Å². The average Bonchev–Trinajstić information content (AvgIpc) is 2.44. The quantitative estimate of drug-likeness (QED) is 0.681. The number of anilines is 1. The molecule has 0 bridgehead atoms. The predicted molar refractivity (Wildman–Crippen MR) is 87.3 cm³/mol. The molecule has 0 aliphatic rings. The van der Waals surface area contributed by atoms with Crippen molar-refractivity contribution in [2.45, 2.75) is 6.61 Å². The maximum absolute atomic E-state index is 12.1. The van der Waals surface area contributed by atoms with Crippen LogP contribution in [0.4, 0.5) is 5.69 Å². The predicted octanol–water partition coefficient (Wildman–Crippen LogP) is 3.10. The minimum atomic E-state index is -2.36. The van der Waals surface area contributed by atoms with Gasteiger partial charge in [-0.25, -0.2) is 0 Å². The van der Waals surface area contributed by atoms with Gasteiger partial charge in [0.25, 0.3) is 0 Å². The van der Waals surface area contributed by atoms with Crippen LogP contribution in [0.3, 0.4) is 0 Å². The molecule has 2 rings (SSSR count). The Morgan fingerprint density at radius 1 is 1.05 bits per heavy atom. The zero-order valence-corrected chi connectivity index (χ0v) is 13.4. The van der Waals surface area contributed by atoms with Crippen LogP contribution in [-0.4, -0.2) is 20.4 Å². The number of hydrogen-bond donors (Lipinski definition) is 1. The van der Waals surface area contributed by atoms with Crippen molar-refractivity contribution >= 4 is 18.1 Å². The normalized spacial score (nSPS) is 11.2. The minimum Gasteiger partial charge on any atom is -0.497 e. The summed E-state index contributed by atoms with van der Waals surface area (Å²) in [4.78, 5) is 0. The first-order valence-electron chi connectivity index (χ1n) is 6.61. The summed E-state index contributed by atoms with van der Waals surface area (Å²) in [7, 11) is -0.721. The number of methoxy groups -OCH3 is 1. The lowest BCUT2D eigenvalue weighted by molar-refractivity contribution is 0.306. The van der Waals surface area contributed by atoms with Gasteiger partial charge in [0.1, 0.15) is 25.2 Å². The van der Waals surface area contributed by atoms with Crippen molar-refractivity contribution in [3.05, 3.63) is 48.0 Å². The van der Waals surface area contributed by atoms with Crippen LogP contribution >= 0.6 is 7.14 Å². The zero-order chi connectivity index (χ0) is 15.5. The highest BCUT2D eigenvalue weighted by Gasteiger charge is 2.15. The number of nitrogen functional groups attached to an aromatic ring is 1. The van der Waals surface area contributed by atoms with Crippen LogP contribution in [0.5, 0.6) is 11.5 Å². The van der Waals surface area contributed by atoms with Crippen molar-refractivity contribution in [2.24, 2.45) is 0 Å².